The van der Waals surface area contributed by atoms with Crippen LogP contribution < -0.4 is 5.73 Å². The van der Waals surface area contributed by atoms with Gasteiger partial charge in [0.2, 0.25) is 0 Å². The topological polar surface area (TPSA) is 56.7 Å². The van der Waals surface area contributed by atoms with Crippen molar-refractivity contribution >= 4 is 11.3 Å². The normalized spacial score (nSPS) is 13.2. The zero-order valence-corrected chi connectivity index (χ0v) is 11.0. The van der Waals surface area contributed by atoms with E-state index in [2.05, 4.69) is 33.8 Å². The van der Waals surface area contributed by atoms with Crippen LogP contribution in [0.25, 0.3) is 0 Å². The molecule has 0 aliphatic heterocycles. The van der Waals surface area contributed by atoms with Crippen LogP contribution in [0, 0.1) is 5.92 Å². The number of rotatable bonds is 5. The van der Waals surface area contributed by atoms with Gasteiger partial charge in [-0.3, -0.25) is 0 Å². The van der Waals surface area contributed by atoms with Gasteiger partial charge in [0.15, 0.2) is 0 Å². The van der Waals surface area contributed by atoms with Crippen molar-refractivity contribution < 1.29 is 0 Å². The fourth-order valence-corrected chi connectivity index (χ4v) is 2.55. The van der Waals surface area contributed by atoms with Crippen molar-refractivity contribution in [3.8, 4) is 0 Å². The number of hydrogen-bond donors (Lipinski definition) is 1. The van der Waals surface area contributed by atoms with E-state index in [0.717, 1.165) is 12.2 Å². The van der Waals surface area contributed by atoms with Gasteiger partial charge < -0.3 is 10.3 Å². The molecular weight excluding hydrogens is 232 g/mol. The molecule has 0 saturated heterocycles. The van der Waals surface area contributed by atoms with E-state index < -0.39 is 0 Å². The molecule has 2 rings (SSSR count). The summed E-state index contributed by atoms with van der Waals surface area (Å²) < 4.78 is 2.15. The first-order valence-corrected chi connectivity index (χ1v) is 6.73. The lowest BCUT2D eigenvalue weighted by molar-refractivity contribution is 0.477. The lowest BCUT2D eigenvalue weighted by atomic mass is 9.93. The van der Waals surface area contributed by atoms with E-state index in [1.165, 1.54) is 5.69 Å². The number of aromatic nitrogens is 3. The molecule has 0 bridgehead atoms. The fourth-order valence-electron chi connectivity index (χ4n) is 2.00. The molecule has 2 heterocycles. The number of thiazole rings is 1. The maximum absolute atomic E-state index is 5.85. The van der Waals surface area contributed by atoms with E-state index >= 15 is 0 Å². The van der Waals surface area contributed by atoms with E-state index in [1.807, 2.05) is 18.0 Å². The van der Waals surface area contributed by atoms with E-state index in [0.29, 0.717) is 18.4 Å². The second kappa shape index (κ2) is 5.42. The van der Waals surface area contributed by atoms with Gasteiger partial charge in [0.25, 0.3) is 0 Å². The van der Waals surface area contributed by atoms with Gasteiger partial charge in [-0.15, -0.1) is 11.3 Å². The van der Waals surface area contributed by atoms with Crippen molar-refractivity contribution in [1.82, 2.24) is 14.5 Å². The Kier molecular flexibility index (Phi) is 3.91. The monoisotopic (exact) mass is 250 g/mol. The summed E-state index contributed by atoms with van der Waals surface area (Å²) in [4.78, 5) is 8.54. The minimum atomic E-state index is 0.358. The van der Waals surface area contributed by atoms with E-state index in [9.17, 15) is 0 Å². The molecule has 2 aromatic heterocycles. The Hall–Kier alpha value is -1.20. The molecule has 17 heavy (non-hydrogen) atoms. The van der Waals surface area contributed by atoms with Crippen molar-refractivity contribution in [2.24, 2.45) is 11.7 Å². The SMILES string of the molecule is CC(C)C(CN)c1cncn1Cc1cscn1. The number of nitrogens with zero attached hydrogens (tertiary/aromatic N) is 3. The molecule has 0 amide bonds. The van der Waals surface area contributed by atoms with Crippen LogP contribution >= 0.6 is 11.3 Å². The van der Waals surface area contributed by atoms with Crippen LogP contribution in [0.2, 0.25) is 0 Å². The lowest BCUT2D eigenvalue weighted by Gasteiger charge is -2.20. The Morgan fingerprint density at radius 1 is 1.47 bits per heavy atom. The third-order valence-corrected chi connectivity index (χ3v) is 3.63. The maximum Gasteiger partial charge on any atom is 0.0951 e. The molecule has 0 spiro atoms. The van der Waals surface area contributed by atoms with Crippen LogP contribution in [-0.4, -0.2) is 21.1 Å². The highest BCUT2D eigenvalue weighted by Gasteiger charge is 2.18. The fraction of sp³-hybridized carbons (Fsp3) is 0.500. The van der Waals surface area contributed by atoms with Crippen LogP contribution in [0.1, 0.15) is 31.2 Å². The van der Waals surface area contributed by atoms with Crippen molar-refractivity contribution in [3.05, 3.63) is 34.8 Å². The first kappa shape index (κ1) is 12.3. The van der Waals surface area contributed by atoms with Crippen LogP contribution in [0.15, 0.2) is 23.4 Å². The summed E-state index contributed by atoms with van der Waals surface area (Å²) in [5, 5.41) is 2.07. The van der Waals surface area contributed by atoms with Gasteiger partial charge in [-0.25, -0.2) is 9.97 Å². The number of hydrogen-bond acceptors (Lipinski definition) is 4. The molecular formula is C12H18N4S. The van der Waals surface area contributed by atoms with E-state index in [-0.39, 0.29) is 0 Å². The molecule has 0 aliphatic carbocycles. The molecule has 1 unspecified atom stereocenters. The molecule has 1 atom stereocenters. The Labute approximate surface area is 106 Å². The standard InChI is InChI=1S/C12H18N4S/c1-9(2)11(3-13)12-4-14-7-16(12)5-10-6-17-8-15-10/h4,6-9,11H,3,5,13H2,1-2H3. The molecule has 0 aromatic carbocycles. The predicted octanol–water partition coefficient (Wildman–Crippen LogP) is 2.09. The summed E-state index contributed by atoms with van der Waals surface area (Å²) >= 11 is 1.62. The van der Waals surface area contributed by atoms with Gasteiger partial charge in [0.05, 0.1) is 24.1 Å². The first-order valence-electron chi connectivity index (χ1n) is 5.79. The van der Waals surface area contributed by atoms with Gasteiger partial charge in [0.1, 0.15) is 0 Å². The largest absolute Gasteiger partial charge is 0.330 e. The van der Waals surface area contributed by atoms with E-state index in [4.69, 9.17) is 5.73 Å². The Bertz CT molecular complexity index is 447. The lowest BCUT2D eigenvalue weighted by Crippen LogP contribution is -2.21. The Morgan fingerprint density at radius 2 is 2.29 bits per heavy atom. The van der Waals surface area contributed by atoms with Gasteiger partial charge in [0, 0.05) is 29.7 Å². The van der Waals surface area contributed by atoms with Gasteiger partial charge in [-0.05, 0) is 5.92 Å². The molecule has 4 nitrogen and oxygen atoms in total. The average Bonchev–Trinajstić information content (AvgIpc) is 2.92. The summed E-state index contributed by atoms with van der Waals surface area (Å²) in [5.74, 6) is 0.877. The van der Waals surface area contributed by atoms with Gasteiger partial charge in [-0.1, -0.05) is 13.8 Å². The summed E-state index contributed by atoms with van der Waals surface area (Å²) in [7, 11) is 0. The van der Waals surface area contributed by atoms with Gasteiger partial charge >= 0.3 is 0 Å². The Balaban J connectivity index is 2.21. The van der Waals surface area contributed by atoms with Crippen LogP contribution in [0.3, 0.4) is 0 Å². The average molecular weight is 250 g/mol. The van der Waals surface area contributed by atoms with Crippen LogP contribution in [0.5, 0.6) is 0 Å². The molecule has 92 valence electrons. The summed E-state index contributed by atoms with van der Waals surface area (Å²) in [5.41, 5.74) is 9.99. The highest BCUT2D eigenvalue weighted by molar-refractivity contribution is 7.07. The van der Waals surface area contributed by atoms with Crippen molar-refractivity contribution in [2.45, 2.75) is 26.3 Å². The summed E-state index contributed by atoms with van der Waals surface area (Å²) in [6, 6.07) is 0. The Morgan fingerprint density at radius 3 is 2.88 bits per heavy atom. The minimum Gasteiger partial charge on any atom is -0.330 e. The maximum atomic E-state index is 5.85. The minimum absolute atomic E-state index is 0.358. The molecule has 2 aromatic rings. The zero-order valence-electron chi connectivity index (χ0n) is 10.2. The second-order valence-corrected chi connectivity index (χ2v) is 5.23. The number of nitrogens with two attached hydrogens (primary N) is 1. The molecule has 0 saturated carbocycles. The van der Waals surface area contributed by atoms with Crippen molar-refractivity contribution in [2.75, 3.05) is 6.54 Å². The van der Waals surface area contributed by atoms with Crippen LogP contribution in [0.4, 0.5) is 0 Å². The molecule has 0 radical (unpaired) electrons. The molecule has 0 aliphatic rings. The van der Waals surface area contributed by atoms with Crippen molar-refractivity contribution in [1.29, 1.82) is 0 Å². The predicted molar refractivity (Wildman–Crippen MR) is 70.1 cm³/mol. The highest BCUT2D eigenvalue weighted by Crippen LogP contribution is 2.23. The second-order valence-electron chi connectivity index (χ2n) is 4.51. The van der Waals surface area contributed by atoms with Crippen molar-refractivity contribution in [3.63, 3.8) is 0 Å². The van der Waals surface area contributed by atoms with Crippen LogP contribution in [-0.2, 0) is 6.54 Å². The quantitative estimate of drug-likeness (QED) is 0.884. The van der Waals surface area contributed by atoms with E-state index in [1.54, 1.807) is 11.3 Å². The summed E-state index contributed by atoms with van der Waals surface area (Å²) in [6.45, 7) is 5.82. The summed E-state index contributed by atoms with van der Waals surface area (Å²) in [6.07, 6.45) is 3.78. The number of imidazole rings is 1. The highest BCUT2D eigenvalue weighted by atomic mass is 32.1. The zero-order chi connectivity index (χ0) is 12.3. The molecule has 0 fully saturated rings. The smallest absolute Gasteiger partial charge is 0.0951 e. The molecule has 5 heteroatoms. The first-order chi connectivity index (χ1) is 8.22. The molecule has 2 N–H and O–H groups in total. The van der Waals surface area contributed by atoms with Gasteiger partial charge in [-0.2, -0.15) is 0 Å². The third-order valence-electron chi connectivity index (χ3n) is 3.00. The third kappa shape index (κ3) is 2.73.